The predicted octanol–water partition coefficient (Wildman–Crippen LogP) is -0.437. The molecule has 1 aliphatic rings. The first-order valence-corrected chi connectivity index (χ1v) is 6.23. The highest BCUT2D eigenvalue weighted by Crippen LogP contribution is 2.29. The number of aliphatic hydroxyl groups excluding tert-OH is 2. The van der Waals surface area contributed by atoms with Crippen LogP contribution >= 0.6 is 0 Å². The Bertz CT molecular complexity index is 585. The van der Waals surface area contributed by atoms with Crippen LogP contribution in [-0.4, -0.2) is 48.5 Å². The lowest BCUT2D eigenvalue weighted by Crippen LogP contribution is -2.24. The molecule has 106 valence electrons. The smallest absolute Gasteiger partial charge is 0.219 e. The fourth-order valence-corrected chi connectivity index (χ4v) is 2.18. The minimum atomic E-state index is -0.671. The zero-order valence-corrected chi connectivity index (χ0v) is 10.6. The summed E-state index contributed by atoms with van der Waals surface area (Å²) in [4.78, 5) is 12.1. The molecule has 8 nitrogen and oxygen atoms in total. The summed E-state index contributed by atoms with van der Waals surface area (Å²) in [5, 5.41) is 18.8. The van der Waals surface area contributed by atoms with Gasteiger partial charge in [0.15, 0.2) is 0 Å². The van der Waals surface area contributed by atoms with Gasteiger partial charge in [0, 0.05) is 30.6 Å². The molecule has 0 saturated carbocycles. The zero-order chi connectivity index (χ0) is 14.1. The van der Waals surface area contributed by atoms with E-state index < -0.39 is 12.2 Å². The highest BCUT2D eigenvalue weighted by molar-refractivity contribution is 5.56. The molecule has 2 aromatic heterocycles. The number of imidazole rings is 1. The Morgan fingerprint density at radius 2 is 2.10 bits per heavy atom. The van der Waals surface area contributed by atoms with Crippen molar-refractivity contribution < 1.29 is 14.9 Å². The van der Waals surface area contributed by atoms with Crippen molar-refractivity contribution >= 4 is 5.95 Å². The molecule has 0 bridgehead atoms. The summed E-state index contributed by atoms with van der Waals surface area (Å²) in [7, 11) is 0. The van der Waals surface area contributed by atoms with Gasteiger partial charge >= 0.3 is 0 Å². The highest BCUT2D eigenvalue weighted by Gasteiger charge is 2.34. The van der Waals surface area contributed by atoms with Gasteiger partial charge in [-0.3, -0.25) is 0 Å². The van der Waals surface area contributed by atoms with Crippen LogP contribution in [0.15, 0.2) is 24.9 Å². The largest absolute Gasteiger partial charge is 0.394 e. The van der Waals surface area contributed by atoms with Crippen LogP contribution in [-0.2, 0) is 4.74 Å². The van der Waals surface area contributed by atoms with E-state index in [4.69, 9.17) is 15.6 Å². The van der Waals surface area contributed by atoms with E-state index in [0.29, 0.717) is 12.1 Å². The van der Waals surface area contributed by atoms with Gasteiger partial charge in [-0.25, -0.2) is 15.0 Å². The van der Waals surface area contributed by atoms with Gasteiger partial charge in [-0.1, -0.05) is 0 Å². The fraction of sp³-hybridized carbons (Fsp3) is 0.417. The lowest BCUT2D eigenvalue weighted by atomic mass is 10.2. The van der Waals surface area contributed by atoms with Crippen LogP contribution in [0.2, 0.25) is 0 Å². The first-order chi connectivity index (χ1) is 9.67. The average Bonchev–Trinajstić information content (AvgIpc) is 3.06. The minimum Gasteiger partial charge on any atom is -0.394 e. The van der Waals surface area contributed by atoms with Crippen molar-refractivity contribution in [3.8, 4) is 11.3 Å². The lowest BCUT2D eigenvalue weighted by molar-refractivity contribution is -0.0443. The normalized spacial score (nSPS) is 26.0. The monoisotopic (exact) mass is 277 g/mol. The fourth-order valence-electron chi connectivity index (χ4n) is 2.18. The summed E-state index contributed by atoms with van der Waals surface area (Å²) in [5.74, 6) is 0.209. The number of nitrogen functional groups attached to an aromatic ring is 1. The number of aliphatic hydroxyl groups is 2. The SMILES string of the molecule is Nc1ncc(-c2cn([C@H]3C[C@H](O)[C@@H](CO)O3)cn2)cn1. The molecule has 0 aliphatic carbocycles. The predicted molar refractivity (Wildman–Crippen MR) is 69.3 cm³/mol. The molecule has 0 radical (unpaired) electrons. The maximum atomic E-state index is 9.72. The minimum absolute atomic E-state index is 0.203. The summed E-state index contributed by atoms with van der Waals surface area (Å²) < 4.78 is 7.30. The number of nitrogens with two attached hydrogens (primary N) is 1. The third-order valence-electron chi connectivity index (χ3n) is 3.29. The number of ether oxygens (including phenoxy) is 1. The first kappa shape index (κ1) is 13.0. The van der Waals surface area contributed by atoms with Crippen LogP contribution in [0.5, 0.6) is 0 Å². The molecule has 0 spiro atoms. The molecule has 0 amide bonds. The second-order valence-corrected chi connectivity index (χ2v) is 4.65. The summed E-state index contributed by atoms with van der Waals surface area (Å²) in [6.07, 6.45) is 5.44. The maximum Gasteiger partial charge on any atom is 0.219 e. The number of nitrogens with zero attached hydrogens (tertiary/aromatic N) is 4. The molecule has 0 unspecified atom stereocenters. The Morgan fingerprint density at radius 3 is 2.75 bits per heavy atom. The standard InChI is InChI=1S/C12H15N5O3/c13-12-14-2-7(3-15-12)8-4-17(6-16-8)11-1-9(19)10(5-18)20-11/h2-4,6,9-11,18-19H,1,5H2,(H2,13,14,15)/t9-,10+,11+/m0/s1. The summed E-state index contributed by atoms with van der Waals surface area (Å²) in [5.41, 5.74) is 6.87. The number of hydrogen-bond donors (Lipinski definition) is 3. The van der Waals surface area contributed by atoms with Gasteiger partial charge < -0.3 is 25.3 Å². The van der Waals surface area contributed by atoms with Crippen molar-refractivity contribution in [1.82, 2.24) is 19.5 Å². The second-order valence-electron chi connectivity index (χ2n) is 4.65. The summed E-state index contributed by atoms with van der Waals surface area (Å²) in [6, 6.07) is 0. The number of anilines is 1. The molecule has 4 N–H and O–H groups in total. The molecular formula is C12H15N5O3. The van der Waals surface area contributed by atoms with Gasteiger partial charge in [0.05, 0.1) is 24.7 Å². The Morgan fingerprint density at radius 1 is 1.35 bits per heavy atom. The van der Waals surface area contributed by atoms with Crippen LogP contribution < -0.4 is 5.73 Å². The zero-order valence-electron chi connectivity index (χ0n) is 10.6. The third-order valence-corrected chi connectivity index (χ3v) is 3.29. The molecule has 1 saturated heterocycles. The highest BCUT2D eigenvalue weighted by atomic mass is 16.5. The van der Waals surface area contributed by atoms with Crippen molar-refractivity contribution in [2.24, 2.45) is 0 Å². The van der Waals surface area contributed by atoms with Gasteiger partial charge in [-0.2, -0.15) is 0 Å². The van der Waals surface area contributed by atoms with E-state index in [9.17, 15) is 5.11 Å². The number of rotatable bonds is 3. The third kappa shape index (κ3) is 2.36. The van der Waals surface area contributed by atoms with Crippen molar-refractivity contribution in [2.75, 3.05) is 12.3 Å². The Hall–Kier alpha value is -2.03. The Kier molecular flexibility index (Phi) is 3.35. The Labute approximate surface area is 114 Å². The van der Waals surface area contributed by atoms with Crippen LogP contribution in [0.4, 0.5) is 5.95 Å². The molecule has 3 heterocycles. The molecule has 20 heavy (non-hydrogen) atoms. The van der Waals surface area contributed by atoms with E-state index in [1.54, 1.807) is 29.5 Å². The van der Waals surface area contributed by atoms with Crippen LogP contribution in [0.25, 0.3) is 11.3 Å². The van der Waals surface area contributed by atoms with Crippen LogP contribution in [0, 0.1) is 0 Å². The quantitative estimate of drug-likeness (QED) is 0.696. The van der Waals surface area contributed by atoms with Gasteiger partial charge in [-0.05, 0) is 0 Å². The van der Waals surface area contributed by atoms with E-state index in [1.165, 1.54) is 0 Å². The van der Waals surface area contributed by atoms with Gasteiger partial charge in [0.25, 0.3) is 0 Å². The van der Waals surface area contributed by atoms with Crippen molar-refractivity contribution in [3.63, 3.8) is 0 Å². The van der Waals surface area contributed by atoms with Gasteiger partial charge in [0.2, 0.25) is 5.95 Å². The van der Waals surface area contributed by atoms with E-state index in [2.05, 4.69) is 15.0 Å². The van der Waals surface area contributed by atoms with Gasteiger partial charge in [-0.15, -0.1) is 0 Å². The maximum absolute atomic E-state index is 9.72. The van der Waals surface area contributed by atoms with E-state index in [1.807, 2.05) is 0 Å². The summed E-state index contributed by atoms with van der Waals surface area (Å²) in [6.45, 7) is -0.203. The molecule has 8 heteroatoms. The molecule has 0 aromatic carbocycles. The number of hydrogen-bond acceptors (Lipinski definition) is 7. The lowest BCUT2D eigenvalue weighted by Gasteiger charge is -2.12. The second kappa shape index (κ2) is 5.16. The topological polar surface area (TPSA) is 119 Å². The molecule has 1 aliphatic heterocycles. The summed E-state index contributed by atoms with van der Waals surface area (Å²) >= 11 is 0. The number of aromatic nitrogens is 4. The molecule has 3 rings (SSSR count). The van der Waals surface area contributed by atoms with E-state index in [0.717, 1.165) is 5.56 Å². The van der Waals surface area contributed by atoms with Crippen molar-refractivity contribution in [2.45, 2.75) is 24.9 Å². The van der Waals surface area contributed by atoms with Crippen molar-refractivity contribution in [3.05, 3.63) is 24.9 Å². The molecular weight excluding hydrogens is 262 g/mol. The van der Waals surface area contributed by atoms with Gasteiger partial charge in [0.1, 0.15) is 12.3 Å². The van der Waals surface area contributed by atoms with Crippen molar-refractivity contribution in [1.29, 1.82) is 0 Å². The average molecular weight is 277 g/mol. The van der Waals surface area contributed by atoms with E-state index >= 15 is 0 Å². The van der Waals surface area contributed by atoms with E-state index in [-0.39, 0.29) is 18.8 Å². The van der Waals surface area contributed by atoms with Crippen LogP contribution in [0.3, 0.4) is 0 Å². The van der Waals surface area contributed by atoms with Crippen LogP contribution in [0.1, 0.15) is 12.6 Å². The molecule has 2 aromatic rings. The molecule has 1 fully saturated rings. The molecule has 3 atom stereocenters. The first-order valence-electron chi connectivity index (χ1n) is 6.23. The Balaban J connectivity index is 1.79.